The highest BCUT2D eigenvalue weighted by molar-refractivity contribution is 5.29. The molecule has 0 bridgehead atoms. The van der Waals surface area contributed by atoms with Crippen molar-refractivity contribution in [1.82, 2.24) is 14.9 Å². The number of hydrogen-bond donors (Lipinski definition) is 4. The maximum atomic E-state index is 11.8. The Morgan fingerprint density at radius 2 is 1.94 bits per heavy atom. The maximum Gasteiger partial charge on any atom is 0.295 e. The van der Waals surface area contributed by atoms with Crippen LogP contribution in [0.4, 0.5) is 5.95 Å². The van der Waals surface area contributed by atoms with E-state index < -0.39 is 5.56 Å². The minimum atomic E-state index is -0.481. The number of nitrogens with one attached hydrogen (secondary N) is 1. The second-order valence-corrected chi connectivity index (χ2v) is 3.63. The average Bonchev–Trinajstić information content (AvgIpc) is 2.38. The van der Waals surface area contributed by atoms with Crippen LogP contribution in [0.3, 0.4) is 0 Å². The van der Waals surface area contributed by atoms with E-state index in [2.05, 4.69) is 15.6 Å². The van der Waals surface area contributed by atoms with Gasteiger partial charge >= 0.3 is 0 Å². The Morgan fingerprint density at radius 1 is 1.28 bits per heavy atom. The molecule has 0 fully saturated rings. The Hall–Kier alpha value is -2.61. The second kappa shape index (κ2) is 4.72. The Balaban J connectivity index is 2.33. The smallest absolute Gasteiger partial charge is 0.295 e. The van der Waals surface area contributed by atoms with Crippen LogP contribution >= 0.6 is 0 Å². The van der Waals surface area contributed by atoms with E-state index in [1.807, 2.05) is 0 Å². The summed E-state index contributed by atoms with van der Waals surface area (Å²) >= 11 is 0. The summed E-state index contributed by atoms with van der Waals surface area (Å²) in [6, 6.07) is 6.43. The zero-order valence-electron chi connectivity index (χ0n) is 9.37. The first-order valence-electron chi connectivity index (χ1n) is 5.10. The zero-order valence-corrected chi connectivity index (χ0v) is 9.37. The molecule has 2 aromatic rings. The molecule has 0 aliphatic rings. The largest absolute Gasteiger partial charge is 0.508 e. The van der Waals surface area contributed by atoms with Crippen molar-refractivity contribution in [2.24, 2.45) is 5.84 Å². The average molecular weight is 248 g/mol. The lowest BCUT2D eigenvalue weighted by Crippen LogP contribution is -2.35. The topological polar surface area (TPSA) is 132 Å². The molecule has 0 radical (unpaired) electrons. The quantitative estimate of drug-likeness (QED) is 0.401. The van der Waals surface area contributed by atoms with Gasteiger partial charge in [0.1, 0.15) is 11.4 Å². The molecule has 2 rings (SSSR count). The van der Waals surface area contributed by atoms with Crippen molar-refractivity contribution >= 4 is 5.95 Å². The standard InChI is InChI=1S/C10H12N6O2/c11-13-10-15-14-8(9(18)16(10)12)5-6-1-3-7(17)4-2-6/h1-4,17H,5,11-12H2,(H,13,15). The number of nitrogens with zero attached hydrogens (tertiary/aromatic N) is 3. The minimum Gasteiger partial charge on any atom is -0.508 e. The molecule has 8 heteroatoms. The van der Waals surface area contributed by atoms with Gasteiger partial charge in [0.25, 0.3) is 11.5 Å². The van der Waals surface area contributed by atoms with E-state index in [1.165, 1.54) is 12.1 Å². The molecule has 0 spiro atoms. The number of aromatic hydroxyl groups is 1. The molecule has 0 saturated carbocycles. The maximum absolute atomic E-state index is 11.8. The van der Waals surface area contributed by atoms with Gasteiger partial charge in [0.15, 0.2) is 0 Å². The van der Waals surface area contributed by atoms with Crippen LogP contribution in [0.5, 0.6) is 5.75 Å². The summed E-state index contributed by atoms with van der Waals surface area (Å²) in [5, 5.41) is 16.6. The number of hydrazine groups is 1. The van der Waals surface area contributed by atoms with Crippen LogP contribution in [0.25, 0.3) is 0 Å². The van der Waals surface area contributed by atoms with E-state index in [9.17, 15) is 4.79 Å². The highest BCUT2D eigenvalue weighted by Gasteiger charge is 2.09. The van der Waals surface area contributed by atoms with Crippen LogP contribution in [-0.4, -0.2) is 20.0 Å². The highest BCUT2D eigenvalue weighted by Crippen LogP contribution is 2.11. The predicted octanol–water partition coefficient (Wildman–Crippen LogP) is -1.07. The molecule has 0 aliphatic carbocycles. The second-order valence-electron chi connectivity index (χ2n) is 3.63. The fourth-order valence-electron chi connectivity index (χ4n) is 1.45. The van der Waals surface area contributed by atoms with E-state index in [4.69, 9.17) is 16.8 Å². The van der Waals surface area contributed by atoms with Gasteiger partial charge in [-0.2, -0.15) is 4.68 Å². The molecule has 0 atom stereocenters. The number of nitrogens with two attached hydrogens (primary N) is 2. The number of nitrogen functional groups attached to an aromatic ring is 2. The van der Waals surface area contributed by atoms with E-state index in [0.717, 1.165) is 10.2 Å². The van der Waals surface area contributed by atoms with Gasteiger partial charge in [-0.15, -0.1) is 10.2 Å². The summed E-state index contributed by atoms with van der Waals surface area (Å²) in [6.07, 6.45) is 0.272. The molecular formula is C10H12N6O2. The van der Waals surface area contributed by atoms with E-state index in [1.54, 1.807) is 12.1 Å². The third-order valence-electron chi connectivity index (χ3n) is 2.40. The van der Waals surface area contributed by atoms with Crippen LogP contribution < -0.4 is 22.7 Å². The van der Waals surface area contributed by atoms with Crippen LogP contribution in [-0.2, 0) is 6.42 Å². The fraction of sp³-hybridized carbons (Fsp3) is 0.100. The zero-order chi connectivity index (χ0) is 13.1. The van der Waals surface area contributed by atoms with E-state index in [0.29, 0.717) is 0 Å². The molecule has 1 heterocycles. The number of rotatable bonds is 3. The van der Waals surface area contributed by atoms with Gasteiger partial charge < -0.3 is 10.9 Å². The number of benzene rings is 1. The van der Waals surface area contributed by atoms with Crippen LogP contribution in [0.1, 0.15) is 11.3 Å². The molecular weight excluding hydrogens is 236 g/mol. The molecule has 0 aliphatic heterocycles. The van der Waals surface area contributed by atoms with Gasteiger partial charge in [0, 0.05) is 6.42 Å². The third-order valence-corrected chi connectivity index (χ3v) is 2.40. The van der Waals surface area contributed by atoms with Gasteiger partial charge in [-0.05, 0) is 17.7 Å². The summed E-state index contributed by atoms with van der Waals surface area (Å²) in [7, 11) is 0. The van der Waals surface area contributed by atoms with Crippen molar-refractivity contribution in [3.05, 3.63) is 45.9 Å². The van der Waals surface area contributed by atoms with Crippen molar-refractivity contribution in [3.8, 4) is 5.75 Å². The number of phenols is 1. The molecule has 0 unspecified atom stereocenters. The number of aromatic nitrogens is 3. The van der Waals surface area contributed by atoms with Crippen molar-refractivity contribution in [3.63, 3.8) is 0 Å². The van der Waals surface area contributed by atoms with Crippen molar-refractivity contribution in [2.75, 3.05) is 11.3 Å². The molecule has 0 saturated heterocycles. The van der Waals surface area contributed by atoms with Crippen LogP contribution in [0.2, 0.25) is 0 Å². The van der Waals surface area contributed by atoms with E-state index in [-0.39, 0.29) is 23.8 Å². The van der Waals surface area contributed by atoms with Crippen LogP contribution in [0, 0.1) is 0 Å². The van der Waals surface area contributed by atoms with Crippen molar-refractivity contribution in [1.29, 1.82) is 0 Å². The first kappa shape index (κ1) is 11.9. The van der Waals surface area contributed by atoms with Gasteiger partial charge in [-0.1, -0.05) is 12.1 Å². The molecule has 0 amide bonds. The lowest BCUT2D eigenvalue weighted by atomic mass is 10.1. The van der Waals surface area contributed by atoms with Crippen molar-refractivity contribution < 1.29 is 5.11 Å². The Bertz CT molecular complexity index is 607. The van der Waals surface area contributed by atoms with Crippen molar-refractivity contribution in [2.45, 2.75) is 6.42 Å². The summed E-state index contributed by atoms with van der Waals surface area (Å²) in [6.45, 7) is 0. The van der Waals surface area contributed by atoms with Gasteiger partial charge in [-0.25, -0.2) is 5.84 Å². The first-order valence-corrected chi connectivity index (χ1v) is 5.10. The SMILES string of the molecule is NNc1nnc(Cc2ccc(O)cc2)c(=O)n1N. The monoisotopic (exact) mass is 248 g/mol. The molecule has 18 heavy (non-hydrogen) atoms. The number of phenolic OH excluding ortho intramolecular Hbond substituents is 1. The lowest BCUT2D eigenvalue weighted by molar-refractivity contribution is 0.475. The summed E-state index contributed by atoms with van der Waals surface area (Å²) in [5.74, 6) is 10.7. The fourth-order valence-corrected chi connectivity index (χ4v) is 1.45. The van der Waals surface area contributed by atoms with E-state index >= 15 is 0 Å². The van der Waals surface area contributed by atoms with Crippen LogP contribution in [0.15, 0.2) is 29.1 Å². The molecule has 1 aromatic heterocycles. The summed E-state index contributed by atoms with van der Waals surface area (Å²) in [5.41, 5.74) is 2.69. The molecule has 94 valence electrons. The first-order chi connectivity index (χ1) is 8.61. The number of anilines is 1. The highest BCUT2D eigenvalue weighted by atomic mass is 16.3. The normalized spacial score (nSPS) is 10.3. The minimum absolute atomic E-state index is 0.0190. The molecule has 1 aromatic carbocycles. The molecule has 8 nitrogen and oxygen atoms in total. The summed E-state index contributed by atoms with van der Waals surface area (Å²) < 4.78 is 0.794. The molecule has 6 N–H and O–H groups in total. The Morgan fingerprint density at radius 3 is 2.56 bits per heavy atom. The number of hydrogen-bond acceptors (Lipinski definition) is 7. The predicted molar refractivity (Wildman–Crippen MR) is 65.2 cm³/mol. The summed E-state index contributed by atoms with van der Waals surface area (Å²) in [4.78, 5) is 11.8. The Kier molecular flexibility index (Phi) is 3.11. The third kappa shape index (κ3) is 2.23. The van der Waals surface area contributed by atoms with Gasteiger partial charge in [0.2, 0.25) is 0 Å². The Labute approximate surface area is 102 Å². The van der Waals surface area contributed by atoms with Gasteiger partial charge in [0.05, 0.1) is 0 Å². The van der Waals surface area contributed by atoms with Gasteiger partial charge in [-0.3, -0.25) is 10.2 Å². The lowest BCUT2D eigenvalue weighted by Gasteiger charge is -2.06.